The van der Waals surface area contributed by atoms with Crippen molar-refractivity contribution in [2.24, 2.45) is 0 Å². The SMILES string of the molecule is CCOC(=O)c1oc2ccc(S(=O)(=O)N(CCc3ccccc3)Cc3ccc(N4CCOCC4)cc3)cc2c1C. The topological polar surface area (TPSA) is 89.3 Å². The molecule has 1 saturated heterocycles. The summed E-state index contributed by atoms with van der Waals surface area (Å²) in [7, 11) is -3.88. The van der Waals surface area contributed by atoms with E-state index in [1.807, 2.05) is 54.6 Å². The molecule has 0 unspecified atom stereocenters. The van der Waals surface area contributed by atoms with E-state index in [2.05, 4.69) is 4.90 Å². The second-order valence-corrected chi connectivity index (χ2v) is 11.7. The number of rotatable bonds is 10. The van der Waals surface area contributed by atoms with Crippen molar-refractivity contribution < 1.29 is 27.1 Å². The Labute approximate surface area is 235 Å². The van der Waals surface area contributed by atoms with Crippen LogP contribution in [0.5, 0.6) is 0 Å². The van der Waals surface area contributed by atoms with Gasteiger partial charge in [0.15, 0.2) is 0 Å². The molecule has 0 radical (unpaired) electrons. The van der Waals surface area contributed by atoms with E-state index in [1.54, 1.807) is 26.0 Å². The summed E-state index contributed by atoms with van der Waals surface area (Å²) in [5.74, 6) is -0.474. The fourth-order valence-electron chi connectivity index (χ4n) is 4.92. The summed E-state index contributed by atoms with van der Waals surface area (Å²) in [4.78, 5) is 14.7. The van der Waals surface area contributed by atoms with Crippen LogP contribution in [0, 0.1) is 6.92 Å². The average Bonchev–Trinajstić information content (AvgIpc) is 3.32. The third-order valence-corrected chi connectivity index (χ3v) is 9.01. The van der Waals surface area contributed by atoms with Gasteiger partial charge in [-0.2, -0.15) is 4.31 Å². The number of carbonyl (C=O) groups excluding carboxylic acids is 1. The molecular formula is C31H34N2O6S. The molecule has 1 aliphatic rings. The molecule has 8 nitrogen and oxygen atoms in total. The smallest absolute Gasteiger partial charge is 0.374 e. The minimum Gasteiger partial charge on any atom is -0.460 e. The molecule has 0 aliphatic carbocycles. The number of nitrogens with zero attached hydrogens (tertiary/aromatic N) is 2. The van der Waals surface area contributed by atoms with E-state index >= 15 is 0 Å². The van der Waals surface area contributed by atoms with Crippen molar-refractivity contribution in [1.29, 1.82) is 0 Å². The number of benzene rings is 3. The number of furan rings is 1. The number of aryl methyl sites for hydroxylation is 1. The average molecular weight is 563 g/mol. The Morgan fingerprint density at radius 3 is 2.40 bits per heavy atom. The number of hydrogen-bond acceptors (Lipinski definition) is 7. The molecule has 210 valence electrons. The zero-order valence-corrected chi connectivity index (χ0v) is 23.7. The molecule has 2 heterocycles. The minimum absolute atomic E-state index is 0.0905. The molecule has 1 aromatic heterocycles. The molecule has 0 spiro atoms. The van der Waals surface area contributed by atoms with Gasteiger partial charge in [0.2, 0.25) is 15.8 Å². The number of ether oxygens (including phenoxy) is 2. The third-order valence-electron chi connectivity index (χ3n) is 7.17. The van der Waals surface area contributed by atoms with Crippen molar-refractivity contribution in [3.63, 3.8) is 0 Å². The maximum atomic E-state index is 14.1. The van der Waals surface area contributed by atoms with Gasteiger partial charge in [-0.05, 0) is 61.7 Å². The maximum Gasteiger partial charge on any atom is 0.374 e. The van der Waals surface area contributed by atoms with E-state index in [4.69, 9.17) is 13.9 Å². The molecule has 40 heavy (non-hydrogen) atoms. The highest BCUT2D eigenvalue weighted by Gasteiger charge is 2.27. The standard InChI is InChI=1S/C31H34N2O6S/c1-3-38-31(34)30-23(2)28-21-27(13-14-29(28)39-30)40(35,36)33(16-15-24-7-5-4-6-8-24)22-25-9-11-26(12-10-25)32-17-19-37-20-18-32/h4-14,21H,3,15-20,22H2,1-2H3. The van der Waals surface area contributed by atoms with Crippen LogP contribution in [0.3, 0.4) is 0 Å². The van der Waals surface area contributed by atoms with Gasteiger partial charge in [-0.1, -0.05) is 42.5 Å². The molecule has 5 rings (SSSR count). The van der Waals surface area contributed by atoms with Gasteiger partial charge < -0.3 is 18.8 Å². The summed E-state index contributed by atoms with van der Waals surface area (Å²) in [6.07, 6.45) is 0.575. The summed E-state index contributed by atoms with van der Waals surface area (Å²) in [5, 5.41) is 0.571. The van der Waals surface area contributed by atoms with Gasteiger partial charge in [-0.15, -0.1) is 0 Å². The maximum absolute atomic E-state index is 14.1. The van der Waals surface area contributed by atoms with Gasteiger partial charge in [0.25, 0.3) is 0 Å². The van der Waals surface area contributed by atoms with E-state index in [9.17, 15) is 13.2 Å². The quantitative estimate of drug-likeness (QED) is 0.246. The zero-order valence-electron chi connectivity index (χ0n) is 22.8. The predicted molar refractivity (Wildman–Crippen MR) is 154 cm³/mol. The van der Waals surface area contributed by atoms with E-state index in [0.717, 1.165) is 29.9 Å². The Bertz CT molecular complexity index is 1560. The van der Waals surface area contributed by atoms with Crippen LogP contribution in [0.1, 0.15) is 34.2 Å². The van der Waals surface area contributed by atoms with Gasteiger partial charge in [0.05, 0.1) is 24.7 Å². The number of fused-ring (bicyclic) bond motifs is 1. The number of esters is 1. The first-order chi connectivity index (χ1) is 19.4. The molecule has 3 aromatic carbocycles. The molecule has 0 amide bonds. The fourth-order valence-corrected chi connectivity index (χ4v) is 6.38. The molecule has 0 N–H and O–H groups in total. The third kappa shape index (κ3) is 6.06. The lowest BCUT2D eigenvalue weighted by molar-refractivity contribution is 0.0491. The number of anilines is 1. The molecule has 0 bridgehead atoms. The van der Waals surface area contributed by atoms with Crippen molar-refractivity contribution >= 4 is 32.6 Å². The largest absolute Gasteiger partial charge is 0.460 e. The van der Waals surface area contributed by atoms with E-state index in [1.165, 1.54) is 10.4 Å². The highest BCUT2D eigenvalue weighted by atomic mass is 32.2. The van der Waals surface area contributed by atoms with Crippen LogP contribution in [-0.4, -0.2) is 58.1 Å². The van der Waals surface area contributed by atoms with Crippen molar-refractivity contribution in [2.45, 2.75) is 31.7 Å². The molecule has 4 aromatic rings. The van der Waals surface area contributed by atoms with E-state index < -0.39 is 16.0 Å². The molecule has 1 aliphatic heterocycles. The lowest BCUT2D eigenvalue weighted by atomic mass is 10.1. The molecular weight excluding hydrogens is 528 g/mol. The van der Waals surface area contributed by atoms with Crippen LogP contribution in [0.25, 0.3) is 11.0 Å². The van der Waals surface area contributed by atoms with Crippen molar-refractivity contribution in [1.82, 2.24) is 4.31 Å². The predicted octanol–water partition coefficient (Wildman–Crippen LogP) is 5.19. The summed E-state index contributed by atoms with van der Waals surface area (Å²) in [6, 6.07) is 22.6. The molecule has 9 heteroatoms. The highest BCUT2D eigenvalue weighted by molar-refractivity contribution is 7.89. The first-order valence-electron chi connectivity index (χ1n) is 13.5. The number of carbonyl (C=O) groups is 1. The van der Waals surface area contributed by atoms with Gasteiger partial charge >= 0.3 is 5.97 Å². The molecule has 0 saturated carbocycles. The Balaban J connectivity index is 1.44. The Hall–Kier alpha value is -3.66. The van der Waals surface area contributed by atoms with E-state index in [-0.39, 0.29) is 23.8 Å². The first kappa shape index (κ1) is 27.9. The van der Waals surface area contributed by atoms with Crippen LogP contribution in [-0.2, 0) is 32.5 Å². The van der Waals surface area contributed by atoms with Crippen LogP contribution < -0.4 is 4.90 Å². The second-order valence-electron chi connectivity index (χ2n) is 9.77. The monoisotopic (exact) mass is 562 g/mol. The Morgan fingerprint density at radius 2 is 1.70 bits per heavy atom. The van der Waals surface area contributed by atoms with Crippen LogP contribution in [0.2, 0.25) is 0 Å². The second kappa shape index (κ2) is 12.2. The van der Waals surface area contributed by atoms with Crippen LogP contribution in [0.15, 0.2) is 82.1 Å². The summed E-state index contributed by atoms with van der Waals surface area (Å²) < 4.78 is 45.9. The minimum atomic E-state index is -3.88. The number of morpholine rings is 1. The Kier molecular flexibility index (Phi) is 8.54. The van der Waals surface area contributed by atoms with Crippen molar-refractivity contribution in [3.05, 3.63) is 95.2 Å². The normalized spacial score (nSPS) is 14.1. The van der Waals surface area contributed by atoms with Gasteiger partial charge in [0, 0.05) is 42.8 Å². The van der Waals surface area contributed by atoms with E-state index in [0.29, 0.717) is 42.7 Å². The van der Waals surface area contributed by atoms with Gasteiger partial charge in [-0.3, -0.25) is 0 Å². The summed E-state index contributed by atoms with van der Waals surface area (Å²) in [6.45, 7) is 7.31. The zero-order chi connectivity index (χ0) is 28.1. The van der Waals surface area contributed by atoms with Crippen LogP contribution >= 0.6 is 0 Å². The fraction of sp³-hybridized carbons (Fsp3) is 0.323. The number of hydrogen-bond donors (Lipinski definition) is 0. The van der Waals surface area contributed by atoms with Crippen molar-refractivity contribution in [3.8, 4) is 0 Å². The lowest BCUT2D eigenvalue weighted by Crippen LogP contribution is -2.36. The Morgan fingerprint density at radius 1 is 0.975 bits per heavy atom. The summed E-state index contributed by atoms with van der Waals surface area (Å²) in [5.41, 5.74) is 4.06. The highest BCUT2D eigenvalue weighted by Crippen LogP contribution is 2.30. The number of sulfonamides is 1. The lowest BCUT2D eigenvalue weighted by Gasteiger charge is -2.29. The molecule has 1 fully saturated rings. The van der Waals surface area contributed by atoms with Crippen LogP contribution in [0.4, 0.5) is 5.69 Å². The van der Waals surface area contributed by atoms with Gasteiger partial charge in [-0.25, -0.2) is 13.2 Å². The van der Waals surface area contributed by atoms with Gasteiger partial charge in [0.1, 0.15) is 5.58 Å². The van der Waals surface area contributed by atoms with Crippen molar-refractivity contribution in [2.75, 3.05) is 44.4 Å². The first-order valence-corrected chi connectivity index (χ1v) is 15.0. The molecule has 0 atom stereocenters. The summed E-state index contributed by atoms with van der Waals surface area (Å²) >= 11 is 0.